The van der Waals surface area contributed by atoms with E-state index in [1.807, 2.05) is 44.5 Å². The number of hydrogen-bond donors (Lipinski definition) is 0. The molecule has 1 aliphatic carbocycles. The van der Waals surface area contributed by atoms with E-state index in [9.17, 15) is 0 Å². The molecule has 1 aliphatic heterocycles. The van der Waals surface area contributed by atoms with E-state index in [0.717, 1.165) is 43.9 Å². The number of pyridine rings is 1. The average molecular weight is 340 g/mol. The molecule has 132 valence electrons. The SMILES string of the molecule is COC12CCC(Oc3ccccn3)CC1N(c1ccnc(C)n1)CC2. The zero-order valence-electron chi connectivity index (χ0n) is 14.8. The first-order valence-corrected chi connectivity index (χ1v) is 8.89. The van der Waals surface area contributed by atoms with E-state index in [4.69, 9.17) is 9.47 Å². The van der Waals surface area contributed by atoms with Crippen LogP contribution in [-0.4, -0.2) is 46.4 Å². The second kappa shape index (κ2) is 6.59. The summed E-state index contributed by atoms with van der Waals surface area (Å²) < 4.78 is 12.2. The van der Waals surface area contributed by atoms with Gasteiger partial charge in [0.05, 0.1) is 11.6 Å². The lowest BCUT2D eigenvalue weighted by atomic mass is 9.79. The van der Waals surface area contributed by atoms with Gasteiger partial charge in [0.15, 0.2) is 0 Å². The fourth-order valence-corrected chi connectivity index (χ4v) is 4.23. The van der Waals surface area contributed by atoms with Crippen LogP contribution in [0.5, 0.6) is 5.88 Å². The normalized spacial score (nSPS) is 28.6. The third-order valence-electron chi connectivity index (χ3n) is 5.52. The van der Waals surface area contributed by atoms with E-state index < -0.39 is 0 Å². The first-order valence-electron chi connectivity index (χ1n) is 8.89. The fourth-order valence-electron chi connectivity index (χ4n) is 4.23. The van der Waals surface area contributed by atoms with Crippen LogP contribution in [0.25, 0.3) is 0 Å². The number of methoxy groups -OCH3 is 1. The number of anilines is 1. The second-order valence-corrected chi connectivity index (χ2v) is 6.87. The number of ether oxygens (including phenoxy) is 2. The molecule has 3 unspecified atom stereocenters. The van der Waals surface area contributed by atoms with E-state index in [2.05, 4.69) is 19.9 Å². The van der Waals surface area contributed by atoms with Crippen molar-refractivity contribution in [2.45, 2.75) is 50.4 Å². The molecule has 0 aromatic carbocycles. The summed E-state index contributed by atoms with van der Waals surface area (Å²) in [6, 6.07) is 8.02. The Morgan fingerprint density at radius 2 is 2.08 bits per heavy atom. The standard InChI is InChI=1S/C19H24N4O2/c1-14-20-11-7-17(22-14)23-12-9-19(24-2)8-6-15(13-16(19)23)25-18-5-3-4-10-21-18/h3-5,7,10-11,15-16H,6,8-9,12-13H2,1-2H3. The molecule has 6 nitrogen and oxygen atoms in total. The van der Waals surface area contributed by atoms with Crippen molar-refractivity contribution in [3.63, 3.8) is 0 Å². The minimum atomic E-state index is -0.108. The van der Waals surface area contributed by atoms with Crippen LogP contribution in [0.2, 0.25) is 0 Å². The maximum atomic E-state index is 6.13. The molecule has 0 N–H and O–H groups in total. The molecule has 2 fully saturated rings. The summed E-state index contributed by atoms with van der Waals surface area (Å²) >= 11 is 0. The van der Waals surface area contributed by atoms with Gasteiger partial charge >= 0.3 is 0 Å². The molecule has 3 heterocycles. The van der Waals surface area contributed by atoms with Gasteiger partial charge in [-0.05, 0) is 38.3 Å². The predicted octanol–water partition coefficient (Wildman–Crippen LogP) is 2.78. The molecule has 0 bridgehead atoms. The minimum absolute atomic E-state index is 0.108. The molecule has 4 rings (SSSR count). The summed E-state index contributed by atoms with van der Waals surface area (Å²) in [7, 11) is 1.83. The minimum Gasteiger partial charge on any atom is -0.474 e. The van der Waals surface area contributed by atoms with Crippen molar-refractivity contribution in [3.8, 4) is 5.88 Å². The Hall–Kier alpha value is -2.21. The molecular weight excluding hydrogens is 316 g/mol. The third-order valence-corrected chi connectivity index (χ3v) is 5.52. The highest BCUT2D eigenvalue weighted by atomic mass is 16.5. The maximum absolute atomic E-state index is 6.13. The number of fused-ring (bicyclic) bond motifs is 1. The Morgan fingerprint density at radius 1 is 1.16 bits per heavy atom. The zero-order valence-corrected chi connectivity index (χ0v) is 14.8. The van der Waals surface area contributed by atoms with E-state index in [1.165, 1.54) is 0 Å². The van der Waals surface area contributed by atoms with Gasteiger partial charge in [0.25, 0.3) is 0 Å². The number of hydrogen-bond acceptors (Lipinski definition) is 6. The van der Waals surface area contributed by atoms with E-state index in [1.54, 1.807) is 6.20 Å². The maximum Gasteiger partial charge on any atom is 0.213 e. The summed E-state index contributed by atoms with van der Waals surface area (Å²) in [6.45, 7) is 2.88. The second-order valence-electron chi connectivity index (χ2n) is 6.87. The summed E-state index contributed by atoms with van der Waals surface area (Å²) in [5.41, 5.74) is -0.108. The molecule has 1 saturated heterocycles. The molecule has 1 saturated carbocycles. The first kappa shape index (κ1) is 16.3. The zero-order chi connectivity index (χ0) is 17.3. The Morgan fingerprint density at radius 3 is 2.84 bits per heavy atom. The van der Waals surface area contributed by atoms with Crippen LogP contribution in [-0.2, 0) is 4.74 Å². The lowest BCUT2D eigenvalue weighted by Crippen LogP contribution is -2.52. The summed E-state index contributed by atoms with van der Waals surface area (Å²) in [5.74, 6) is 2.47. The lowest BCUT2D eigenvalue weighted by Gasteiger charge is -2.43. The summed E-state index contributed by atoms with van der Waals surface area (Å²) in [6.07, 6.45) is 7.65. The Bertz CT molecular complexity index is 726. The molecule has 25 heavy (non-hydrogen) atoms. The molecular formula is C19H24N4O2. The van der Waals surface area contributed by atoms with Gasteiger partial charge < -0.3 is 14.4 Å². The van der Waals surface area contributed by atoms with Crippen LogP contribution < -0.4 is 9.64 Å². The van der Waals surface area contributed by atoms with Crippen LogP contribution in [0.1, 0.15) is 31.5 Å². The Balaban J connectivity index is 1.56. The van der Waals surface area contributed by atoms with Gasteiger partial charge in [0, 0.05) is 38.5 Å². The van der Waals surface area contributed by atoms with Gasteiger partial charge in [-0.1, -0.05) is 6.07 Å². The van der Waals surface area contributed by atoms with Crippen LogP contribution in [0.15, 0.2) is 36.7 Å². The summed E-state index contributed by atoms with van der Waals surface area (Å²) in [5, 5.41) is 0. The quantitative estimate of drug-likeness (QED) is 0.853. The van der Waals surface area contributed by atoms with Gasteiger partial charge in [-0.2, -0.15) is 0 Å². The van der Waals surface area contributed by atoms with Gasteiger partial charge in [-0.15, -0.1) is 0 Å². The Labute approximate surface area is 148 Å². The lowest BCUT2D eigenvalue weighted by molar-refractivity contribution is -0.0607. The van der Waals surface area contributed by atoms with E-state index >= 15 is 0 Å². The highest BCUT2D eigenvalue weighted by Gasteiger charge is 2.52. The molecule has 0 amide bonds. The van der Waals surface area contributed by atoms with Gasteiger partial charge in [-0.25, -0.2) is 15.0 Å². The molecule has 0 radical (unpaired) electrons. The highest BCUT2D eigenvalue weighted by Crippen LogP contribution is 2.44. The summed E-state index contributed by atoms with van der Waals surface area (Å²) in [4.78, 5) is 15.5. The predicted molar refractivity (Wildman–Crippen MR) is 94.8 cm³/mol. The van der Waals surface area contributed by atoms with Crippen LogP contribution >= 0.6 is 0 Å². The van der Waals surface area contributed by atoms with Crippen molar-refractivity contribution in [1.29, 1.82) is 0 Å². The fraction of sp³-hybridized carbons (Fsp3) is 0.526. The van der Waals surface area contributed by atoms with E-state index in [-0.39, 0.29) is 17.7 Å². The molecule has 6 heteroatoms. The smallest absolute Gasteiger partial charge is 0.213 e. The monoisotopic (exact) mass is 340 g/mol. The number of nitrogens with zero attached hydrogens (tertiary/aromatic N) is 4. The van der Waals surface area contributed by atoms with Gasteiger partial charge in [0.2, 0.25) is 5.88 Å². The molecule has 2 aromatic rings. The van der Waals surface area contributed by atoms with E-state index in [0.29, 0.717) is 5.88 Å². The van der Waals surface area contributed by atoms with Crippen molar-refractivity contribution in [2.75, 3.05) is 18.6 Å². The van der Waals surface area contributed by atoms with Crippen molar-refractivity contribution < 1.29 is 9.47 Å². The molecule has 2 aromatic heterocycles. The number of aromatic nitrogens is 3. The topological polar surface area (TPSA) is 60.4 Å². The van der Waals surface area contributed by atoms with Crippen molar-refractivity contribution in [1.82, 2.24) is 15.0 Å². The largest absolute Gasteiger partial charge is 0.474 e. The van der Waals surface area contributed by atoms with Crippen LogP contribution in [0.4, 0.5) is 5.82 Å². The Kier molecular flexibility index (Phi) is 4.29. The number of rotatable bonds is 4. The number of aryl methyl sites for hydroxylation is 1. The molecule has 3 atom stereocenters. The van der Waals surface area contributed by atoms with Gasteiger partial charge in [0.1, 0.15) is 17.7 Å². The molecule has 2 aliphatic rings. The average Bonchev–Trinajstić information content (AvgIpc) is 3.02. The molecule has 0 spiro atoms. The highest BCUT2D eigenvalue weighted by molar-refractivity contribution is 5.43. The van der Waals surface area contributed by atoms with Crippen molar-refractivity contribution in [3.05, 3.63) is 42.5 Å². The van der Waals surface area contributed by atoms with Crippen molar-refractivity contribution >= 4 is 5.82 Å². The van der Waals surface area contributed by atoms with Crippen LogP contribution in [0.3, 0.4) is 0 Å². The van der Waals surface area contributed by atoms with Gasteiger partial charge in [-0.3, -0.25) is 0 Å². The first-order chi connectivity index (χ1) is 12.2. The van der Waals surface area contributed by atoms with Crippen LogP contribution in [0, 0.1) is 6.92 Å². The van der Waals surface area contributed by atoms with Crippen molar-refractivity contribution in [2.24, 2.45) is 0 Å². The third kappa shape index (κ3) is 3.06.